The Kier molecular flexibility index (Phi) is 7.89. The van der Waals surface area contributed by atoms with E-state index in [-0.39, 0.29) is 5.92 Å². The molecule has 230 valence electrons. The van der Waals surface area contributed by atoms with Gasteiger partial charge in [-0.15, -0.1) is 0 Å². The first-order chi connectivity index (χ1) is 21.2. The second-order valence-electron chi connectivity index (χ2n) is 12.9. The molecule has 0 saturated heterocycles. The van der Waals surface area contributed by atoms with Crippen molar-refractivity contribution < 1.29 is 33.3 Å². The van der Waals surface area contributed by atoms with Gasteiger partial charge in [0.25, 0.3) is 0 Å². The quantitative estimate of drug-likeness (QED) is 0.102. The van der Waals surface area contributed by atoms with E-state index in [1.807, 2.05) is 48.5 Å². The van der Waals surface area contributed by atoms with Gasteiger partial charge in [-0.2, -0.15) is 0 Å². The van der Waals surface area contributed by atoms with Gasteiger partial charge in [0.2, 0.25) is 0 Å². The predicted molar refractivity (Wildman–Crippen MR) is 182 cm³/mol. The van der Waals surface area contributed by atoms with Crippen LogP contribution in [0.15, 0.2) is 84.9 Å². The molecule has 1 aliphatic rings. The van der Waals surface area contributed by atoms with Crippen molar-refractivity contribution in [1.29, 1.82) is 0 Å². The van der Waals surface area contributed by atoms with Gasteiger partial charge < -0.3 is 23.7 Å². The highest BCUT2D eigenvalue weighted by Crippen LogP contribution is 2.52. The Balaban J connectivity index is 1.47. The fourth-order valence-corrected chi connectivity index (χ4v) is 6.11. The van der Waals surface area contributed by atoms with Crippen LogP contribution in [0.4, 0.5) is 9.59 Å². The molecule has 0 aromatic heterocycles. The molecule has 0 bridgehead atoms. The Hall–Kier alpha value is -4.31. The summed E-state index contributed by atoms with van der Waals surface area (Å²) in [6.07, 6.45) is -1.51. The number of halogens is 1. The van der Waals surface area contributed by atoms with E-state index in [0.717, 1.165) is 53.3 Å². The number of hydrogen-bond acceptors (Lipinski definition) is 7. The van der Waals surface area contributed by atoms with Crippen LogP contribution in [0.25, 0.3) is 21.5 Å². The first-order valence-electron chi connectivity index (χ1n) is 14.6. The second kappa shape index (κ2) is 11.6. The zero-order chi connectivity index (χ0) is 32.1. The van der Waals surface area contributed by atoms with Gasteiger partial charge in [0, 0.05) is 20.6 Å². The van der Waals surface area contributed by atoms with Crippen molar-refractivity contribution in [2.75, 3.05) is 0 Å². The Morgan fingerprint density at radius 1 is 0.644 bits per heavy atom. The van der Waals surface area contributed by atoms with Gasteiger partial charge in [-0.25, -0.2) is 9.59 Å². The van der Waals surface area contributed by atoms with Gasteiger partial charge in [-0.05, 0) is 140 Å². The fraction of sp³-hybridized carbons (Fsp3) is 0.243. The zero-order valence-electron chi connectivity index (χ0n) is 25.9. The molecule has 8 heteroatoms. The molecule has 0 N–H and O–H groups in total. The maximum Gasteiger partial charge on any atom is 0.514 e. The number of benzene rings is 5. The smallest absolute Gasteiger partial charge is 0.457 e. The van der Waals surface area contributed by atoms with Crippen molar-refractivity contribution in [3.05, 3.63) is 105 Å². The molecule has 0 amide bonds. The minimum Gasteiger partial charge on any atom is -0.457 e. The van der Waals surface area contributed by atoms with Crippen LogP contribution in [-0.2, 0) is 9.47 Å². The molecule has 7 nitrogen and oxygen atoms in total. The Morgan fingerprint density at radius 2 is 1.13 bits per heavy atom. The lowest BCUT2D eigenvalue weighted by molar-refractivity contribution is 0.0193. The van der Waals surface area contributed by atoms with Crippen LogP contribution in [0, 0.1) is 3.57 Å². The normalized spacial score (nSPS) is 13.0. The van der Waals surface area contributed by atoms with Gasteiger partial charge in [-0.3, -0.25) is 0 Å². The highest BCUT2D eigenvalue weighted by Gasteiger charge is 2.33. The molecule has 0 unspecified atom stereocenters. The average Bonchev–Trinajstić information content (AvgIpc) is 2.93. The van der Waals surface area contributed by atoms with E-state index in [4.69, 9.17) is 23.7 Å². The highest BCUT2D eigenvalue weighted by atomic mass is 127. The molecule has 0 aliphatic carbocycles. The maximum absolute atomic E-state index is 12.4. The number of rotatable bonds is 3. The summed E-state index contributed by atoms with van der Waals surface area (Å²) >= 11 is 2.33. The van der Waals surface area contributed by atoms with Crippen molar-refractivity contribution in [2.45, 2.75) is 58.7 Å². The molecule has 1 heterocycles. The van der Waals surface area contributed by atoms with Crippen LogP contribution in [-0.4, -0.2) is 23.5 Å². The van der Waals surface area contributed by atoms with E-state index in [0.29, 0.717) is 11.5 Å². The number of fused-ring (bicyclic) bond motifs is 6. The molecule has 0 radical (unpaired) electrons. The molecule has 5 aromatic carbocycles. The van der Waals surface area contributed by atoms with E-state index < -0.39 is 23.5 Å². The molecule has 0 fully saturated rings. The van der Waals surface area contributed by atoms with Crippen molar-refractivity contribution >= 4 is 56.4 Å². The molecular weight excluding hydrogens is 683 g/mol. The minimum absolute atomic E-state index is 0.180. The summed E-state index contributed by atoms with van der Waals surface area (Å²) in [7, 11) is 0. The molecule has 0 saturated carbocycles. The van der Waals surface area contributed by atoms with E-state index in [1.165, 1.54) is 0 Å². The van der Waals surface area contributed by atoms with Crippen LogP contribution in [0.2, 0.25) is 0 Å². The first kappa shape index (κ1) is 30.7. The van der Waals surface area contributed by atoms with E-state index in [2.05, 4.69) is 46.9 Å². The summed E-state index contributed by atoms with van der Waals surface area (Å²) in [6, 6.07) is 27.4. The third-order valence-electron chi connectivity index (χ3n) is 7.15. The largest absolute Gasteiger partial charge is 0.514 e. The maximum atomic E-state index is 12.4. The lowest BCUT2D eigenvalue weighted by Crippen LogP contribution is -2.25. The monoisotopic (exact) mass is 716 g/mol. The lowest BCUT2D eigenvalue weighted by atomic mass is 9.78. The minimum atomic E-state index is -0.754. The molecule has 6 rings (SSSR count). The summed E-state index contributed by atoms with van der Waals surface area (Å²) in [4.78, 5) is 24.7. The summed E-state index contributed by atoms with van der Waals surface area (Å²) in [5.74, 6) is 2.11. The van der Waals surface area contributed by atoms with Crippen LogP contribution in [0.1, 0.15) is 64.2 Å². The summed E-state index contributed by atoms with van der Waals surface area (Å²) in [5, 5.41) is 3.73. The molecular formula is C37H33IO7. The number of carbonyl (C=O) groups excluding carboxylic acids is 2. The van der Waals surface area contributed by atoms with Gasteiger partial charge in [-0.1, -0.05) is 36.4 Å². The van der Waals surface area contributed by atoms with Crippen LogP contribution in [0.5, 0.6) is 23.0 Å². The zero-order valence-corrected chi connectivity index (χ0v) is 28.1. The predicted octanol–water partition coefficient (Wildman–Crippen LogP) is 10.5. The molecule has 1 aliphatic heterocycles. The van der Waals surface area contributed by atoms with E-state index >= 15 is 0 Å². The van der Waals surface area contributed by atoms with Crippen molar-refractivity contribution in [3.63, 3.8) is 0 Å². The average molecular weight is 717 g/mol. The third kappa shape index (κ3) is 6.71. The van der Waals surface area contributed by atoms with Crippen molar-refractivity contribution in [3.8, 4) is 23.0 Å². The Morgan fingerprint density at radius 3 is 1.58 bits per heavy atom. The SMILES string of the molecule is CC(C)(C)OC(=O)Oc1ccc2c3c(ccc2c1)Oc1ccc2cc(OC(=O)OC(C)(C)C)ccc2c1C3c1cccc(I)c1. The third-order valence-corrected chi connectivity index (χ3v) is 7.82. The first-order valence-corrected chi connectivity index (χ1v) is 15.7. The topological polar surface area (TPSA) is 80.3 Å². The van der Waals surface area contributed by atoms with Gasteiger partial charge in [0.05, 0.1) is 0 Å². The lowest BCUT2D eigenvalue weighted by Gasteiger charge is -2.31. The summed E-state index contributed by atoms with van der Waals surface area (Å²) < 4.78 is 29.4. The van der Waals surface area contributed by atoms with Crippen LogP contribution in [0.3, 0.4) is 0 Å². The standard InChI is InChI=1S/C37H33IO7/c1-36(2,3)44-34(39)41-25-12-14-27-21(19-25)10-16-29-32(27)31(23-8-7-9-24(38)18-23)33-28-15-13-26(42-35(40)45-37(4,5)6)20-22(28)11-17-30(33)43-29/h7-20,31H,1-6H3. The molecule has 45 heavy (non-hydrogen) atoms. The van der Waals surface area contributed by atoms with Crippen LogP contribution < -0.4 is 14.2 Å². The molecule has 5 aromatic rings. The van der Waals surface area contributed by atoms with Crippen LogP contribution >= 0.6 is 22.6 Å². The van der Waals surface area contributed by atoms with Gasteiger partial charge in [0.1, 0.15) is 34.2 Å². The van der Waals surface area contributed by atoms with Gasteiger partial charge >= 0.3 is 12.3 Å². The molecule has 0 spiro atoms. The molecule has 0 atom stereocenters. The number of carbonyl (C=O) groups is 2. The van der Waals surface area contributed by atoms with E-state index in [9.17, 15) is 9.59 Å². The highest BCUT2D eigenvalue weighted by molar-refractivity contribution is 14.1. The fourth-order valence-electron chi connectivity index (χ4n) is 5.54. The van der Waals surface area contributed by atoms with Crippen molar-refractivity contribution in [2.24, 2.45) is 0 Å². The Bertz CT molecular complexity index is 1850. The number of hydrogen-bond donors (Lipinski definition) is 0. The number of ether oxygens (including phenoxy) is 5. The van der Waals surface area contributed by atoms with Crippen molar-refractivity contribution in [1.82, 2.24) is 0 Å². The summed E-state index contributed by atoms with van der Waals surface area (Å²) in [5.41, 5.74) is 1.79. The van der Waals surface area contributed by atoms with Gasteiger partial charge in [0.15, 0.2) is 0 Å². The second-order valence-corrected chi connectivity index (χ2v) is 14.2. The van der Waals surface area contributed by atoms with E-state index in [1.54, 1.807) is 53.7 Å². The Labute approximate surface area is 275 Å². The summed E-state index contributed by atoms with van der Waals surface area (Å²) in [6.45, 7) is 10.8.